The van der Waals surface area contributed by atoms with Gasteiger partial charge in [-0.25, -0.2) is 4.98 Å². The summed E-state index contributed by atoms with van der Waals surface area (Å²) in [5.41, 5.74) is 1.88. The monoisotopic (exact) mass is 414 g/mol. The predicted octanol–water partition coefficient (Wildman–Crippen LogP) is 4.23. The van der Waals surface area contributed by atoms with Crippen LogP contribution in [-0.4, -0.2) is 27.9 Å². The number of carbonyl (C=O) groups excluding carboxylic acids is 1. The third-order valence-corrected chi connectivity index (χ3v) is 7.00. The molecule has 1 aliphatic carbocycles. The summed E-state index contributed by atoms with van der Waals surface area (Å²) >= 11 is 2.88. The van der Waals surface area contributed by atoms with Gasteiger partial charge in [-0.15, -0.1) is 11.3 Å². The average Bonchev–Trinajstić information content (AvgIpc) is 3.04. The Bertz CT molecular complexity index is 1070. The van der Waals surface area contributed by atoms with E-state index in [-0.39, 0.29) is 17.3 Å². The summed E-state index contributed by atoms with van der Waals surface area (Å²) in [5.74, 6) is 0.455. The molecule has 0 spiro atoms. The van der Waals surface area contributed by atoms with Gasteiger partial charge in [-0.2, -0.15) is 0 Å². The number of ether oxygens (including phenoxy) is 1. The van der Waals surface area contributed by atoms with E-state index >= 15 is 0 Å². The molecule has 1 aromatic carbocycles. The quantitative estimate of drug-likeness (QED) is 0.355. The summed E-state index contributed by atoms with van der Waals surface area (Å²) in [6, 6.07) is 9.50. The molecule has 2 heterocycles. The lowest BCUT2D eigenvalue weighted by Gasteiger charge is -2.17. The Kier molecular flexibility index (Phi) is 5.55. The zero-order valence-corrected chi connectivity index (χ0v) is 17.6. The SMILES string of the molecule is CCOC(=O)CSc1nc2sc3c(c2c(=O)n1-c1ccccc1)CC[C@H](C)C3. The number of carbonyl (C=O) groups is 1. The molecule has 0 saturated heterocycles. The Labute approximate surface area is 171 Å². The lowest BCUT2D eigenvalue weighted by Crippen LogP contribution is -2.23. The molecule has 0 aliphatic heterocycles. The number of hydrogen-bond donors (Lipinski definition) is 0. The van der Waals surface area contributed by atoms with Gasteiger partial charge in [0.2, 0.25) is 0 Å². The van der Waals surface area contributed by atoms with E-state index in [1.54, 1.807) is 22.8 Å². The number of benzene rings is 1. The second-order valence-electron chi connectivity index (χ2n) is 7.00. The van der Waals surface area contributed by atoms with E-state index in [0.717, 1.165) is 35.2 Å². The van der Waals surface area contributed by atoms with Gasteiger partial charge in [-0.1, -0.05) is 36.9 Å². The Hall–Kier alpha value is -2.12. The van der Waals surface area contributed by atoms with E-state index in [4.69, 9.17) is 9.72 Å². The van der Waals surface area contributed by atoms with Crippen LogP contribution >= 0.6 is 23.1 Å². The molecular weight excluding hydrogens is 392 g/mol. The third kappa shape index (κ3) is 3.61. The minimum Gasteiger partial charge on any atom is -0.465 e. The molecule has 0 amide bonds. The van der Waals surface area contributed by atoms with Crippen LogP contribution in [0.1, 0.15) is 30.7 Å². The number of nitrogens with zero attached hydrogens (tertiary/aromatic N) is 2. The van der Waals surface area contributed by atoms with Gasteiger partial charge in [-0.05, 0) is 49.8 Å². The van der Waals surface area contributed by atoms with Crippen LogP contribution in [-0.2, 0) is 22.4 Å². The molecule has 0 radical (unpaired) electrons. The maximum absolute atomic E-state index is 13.5. The maximum atomic E-state index is 13.5. The summed E-state index contributed by atoms with van der Waals surface area (Å²) in [6.07, 6.45) is 3.03. The smallest absolute Gasteiger partial charge is 0.316 e. The van der Waals surface area contributed by atoms with Gasteiger partial charge in [0.15, 0.2) is 5.16 Å². The van der Waals surface area contributed by atoms with Crippen molar-refractivity contribution in [1.82, 2.24) is 9.55 Å². The molecule has 7 heteroatoms. The first-order chi connectivity index (χ1) is 13.6. The van der Waals surface area contributed by atoms with Crippen molar-refractivity contribution in [3.05, 3.63) is 51.1 Å². The van der Waals surface area contributed by atoms with Crippen LogP contribution in [0.3, 0.4) is 0 Å². The average molecular weight is 415 g/mol. The minimum atomic E-state index is -0.305. The number of aromatic nitrogens is 2. The van der Waals surface area contributed by atoms with Crippen molar-refractivity contribution in [3.8, 4) is 5.69 Å². The number of thioether (sulfide) groups is 1. The summed E-state index contributed by atoms with van der Waals surface area (Å²) in [4.78, 5) is 32.3. The molecule has 146 valence electrons. The van der Waals surface area contributed by atoms with Crippen LogP contribution in [0.5, 0.6) is 0 Å². The third-order valence-electron chi connectivity index (χ3n) is 4.94. The van der Waals surface area contributed by atoms with Crippen LogP contribution in [0.2, 0.25) is 0 Å². The van der Waals surface area contributed by atoms with Crippen molar-refractivity contribution < 1.29 is 9.53 Å². The van der Waals surface area contributed by atoms with Crippen molar-refractivity contribution in [1.29, 1.82) is 0 Å². The van der Waals surface area contributed by atoms with Crippen LogP contribution < -0.4 is 5.56 Å². The summed E-state index contributed by atoms with van der Waals surface area (Å²) in [5, 5.41) is 1.28. The molecule has 0 bridgehead atoms. The molecule has 5 nitrogen and oxygen atoms in total. The Balaban J connectivity index is 1.86. The molecule has 0 unspecified atom stereocenters. The highest BCUT2D eigenvalue weighted by molar-refractivity contribution is 7.99. The van der Waals surface area contributed by atoms with Crippen LogP contribution in [0.25, 0.3) is 15.9 Å². The number of para-hydroxylation sites is 1. The first-order valence-electron chi connectivity index (χ1n) is 9.49. The molecule has 3 aromatic rings. The van der Waals surface area contributed by atoms with Gasteiger partial charge in [-0.3, -0.25) is 14.2 Å². The van der Waals surface area contributed by atoms with Gasteiger partial charge >= 0.3 is 5.97 Å². The van der Waals surface area contributed by atoms with E-state index < -0.39 is 0 Å². The largest absolute Gasteiger partial charge is 0.465 e. The standard InChI is InChI=1S/C21H22N2O3S2/c1-3-26-17(24)12-27-21-22-19-18(15-10-9-13(2)11-16(15)28-19)20(25)23(21)14-7-5-4-6-8-14/h4-8,13H,3,9-12H2,1-2H3/t13-/m0/s1. The molecule has 1 atom stereocenters. The minimum absolute atomic E-state index is 0.0467. The zero-order chi connectivity index (χ0) is 19.7. The first kappa shape index (κ1) is 19.2. The normalized spacial score (nSPS) is 16.1. The van der Waals surface area contributed by atoms with E-state index in [0.29, 0.717) is 17.7 Å². The highest BCUT2D eigenvalue weighted by atomic mass is 32.2. The second-order valence-corrected chi connectivity index (χ2v) is 9.02. The topological polar surface area (TPSA) is 61.2 Å². The fourth-order valence-corrected chi connectivity index (χ4v) is 5.83. The predicted molar refractivity (Wildman–Crippen MR) is 114 cm³/mol. The van der Waals surface area contributed by atoms with E-state index in [9.17, 15) is 9.59 Å². The molecule has 28 heavy (non-hydrogen) atoms. The number of thiophene rings is 1. The Morgan fingerprint density at radius 3 is 2.89 bits per heavy atom. The fraction of sp³-hybridized carbons (Fsp3) is 0.381. The van der Waals surface area contributed by atoms with Gasteiger partial charge in [0.25, 0.3) is 5.56 Å². The molecule has 0 saturated carbocycles. The number of hydrogen-bond acceptors (Lipinski definition) is 6. The molecular formula is C21H22N2O3S2. The Morgan fingerprint density at radius 1 is 1.36 bits per heavy atom. The maximum Gasteiger partial charge on any atom is 0.316 e. The first-order valence-corrected chi connectivity index (χ1v) is 11.3. The van der Waals surface area contributed by atoms with Gasteiger partial charge in [0.1, 0.15) is 4.83 Å². The summed E-state index contributed by atoms with van der Waals surface area (Å²) < 4.78 is 6.67. The molecule has 4 rings (SSSR count). The van der Waals surface area contributed by atoms with Crippen molar-refractivity contribution in [2.45, 2.75) is 38.3 Å². The fourth-order valence-electron chi connectivity index (χ4n) is 3.60. The van der Waals surface area contributed by atoms with Crippen LogP contribution in [0.15, 0.2) is 40.3 Å². The highest BCUT2D eigenvalue weighted by Gasteiger charge is 2.25. The molecule has 0 N–H and O–H groups in total. The summed E-state index contributed by atoms with van der Waals surface area (Å²) in [7, 11) is 0. The number of esters is 1. The van der Waals surface area contributed by atoms with Gasteiger partial charge in [0.05, 0.1) is 23.4 Å². The molecule has 0 fully saturated rings. The van der Waals surface area contributed by atoms with Crippen molar-refractivity contribution in [2.24, 2.45) is 5.92 Å². The van der Waals surface area contributed by atoms with E-state index in [2.05, 4.69) is 6.92 Å². The van der Waals surface area contributed by atoms with Crippen molar-refractivity contribution in [3.63, 3.8) is 0 Å². The van der Waals surface area contributed by atoms with E-state index in [1.165, 1.54) is 22.2 Å². The molecule has 2 aromatic heterocycles. The van der Waals surface area contributed by atoms with Crippen LogP contribution in [0.4, 0.5) is 0 Å². The molecule has 1 aliphatic rings. The number of fused-ring (bicyclic) bond motifs is 3. The number of rotatable bonds is 5. The van der Waals surface area contributed by atoms with E-state index in [1.807, 2.05) is 30.3 Å². The van der Waals surface area contributed by atoms with Crippen molar-refractivity contribution in [2.75, 3.05) is 12.4 Å². The lowest BCUT2D eigenvalue weighted by atomic mass is 9.89. The van der Waals surface area contributed by atoms with Gasteiger partial charge in [0, 0.05) is 4.88 Å². The number of aryl methyl sites for hydroxylation is 1. The summed E-state index contributed by atoms with van der Waals surface area (Å²) in [6.45, 7) is 4.38. The Morgan fingerprint density at radius 2 is 2.14 bits per heavy atom. The zero-order valence-electron chi connectivity index (χ0n) is 15.9. The second kappa shape index (κ2) is 8.09. The van der Waals surface area contributed by atoms with Gasteiger partial charge < -0.3 is 4.74 Å². The highest BCUT2D eigenvalue weighted by Crippen LogP contribution is 2.36. The van der Waals surface area contributed by atoms with Crippen molar-refractivity contribution >= 4 is 39.3 Å². The lowest BCUT2D eigenvalue weighted by molar-refractivity contribution is -0.139. The van der Waals surface area contributed by atoms with Crippen LogP contribution in [0, 0.1) is 5.92 Å².